The van der Waals surface area contributed by atoms with Crippen LogP contribution in [0.25, 0.3) is 0 Å². The van der Waals surface area contributed by atoms with Gasteiger partial charge < -0.3 is 10.4 Å². The molecule has 6 heteroatoms. The van der Waals surface area contributed by atoms with E-state index in [0.29, 0.717) is 13.0 Å². The standard InChI is InChI=1S/C12H20BrN3O2/c1-4-5-14-12(3,11(17)18)6-9(2)16-8-10(13)7-15-16/h7-9,14H,4-6H2,1-3H3,(H,17,18). The average molecular weight is 318 g/mol. The van der Waals surface area contributed by atoms with Crippen molar-refractivity contribution in [2.24, 2.45) is 0 Å². The van der Waals surface area contributed by atoms with Crippen molar-refractivity contribution < 1.29 is 9.90 Å². The SMILES string of the molecule is CCCNC(C)(CC(C)n1cc(Br)cn1)C(=O)O. The Bertz CT molecular complexity index is 408. The van der Waals surface area contributed by atoms with Crippen molar-refractivity contribution in [2.75, 3.05) is 6.54 Å². The summed E-state index contributed by atoms with van der Waals surface area (Å²) in [5.41, 5.74) is -0.923. The molecule has 18 heavy (non-hydrogen) atoms. The first-order valence-electron chi connectivity index (χ1n) is 6.07. The quantitative estimate of drug-likeness (QED) is 0.810. The molecule has 1 heterocycles. The van der Waals surface area contributed by atoms with E-state index in [1.165, 1.54) is 0 Å². The minimum Gasteiger partial charge on any atom is -0.480 e. The first kappa shape index (κ1) is 15.2. The lowest BCUT2D eigenvalue weighted by atomic mass is 9.93. The molecule has 2 atom stereocenters. The zero-order valence-corrected chi connectivity index (χ0v) is 12.6. The number of nitrogens with zero attached hydrogens (tertiary/aromatic N) is 2. The maximum Gasteiger partial charge on any atom is 0.323 e. The molecule has 102 valence electrons. The van der Waals surface area contributed by atoms with E-state index in [4.69, 9.17) is 0 Å². The van der Waals surface area contributed by atoms with Crippen molar-refractivity contribution in [2.45, 2.75) is 45.2 Å². The van der Waals surface area contributed by atoms with Crippen molar-refractivity contribution >= 4 is 21.9 Å². The molecule has 0 saturated heterocycles. The molecular formula is C12H20BrN3O2. The Hall–Kier alpha value is -0.880. The Kier molecular flexibility index (Phi) is 5.34. The topological polar surface area (TPSA) is 67.2 Å². The third kappa shape index (κ3) is 3.81. The fourth-order valence-corrected chi connectivity index (χ4v) is 2.18. The highest BCUT2D eigenvalue weighted by molar-refractivity contribution is 9.10. The van der Waals surface area contributed by atoms with Crippen molar-refractivity contribution in [1.29, 1.82) is 0 Å². The van der Waals surface area contributed by atoms with E-state index < -0.39 is 11.5 Å². The van der Waals surface area contributed by atoms with E-state index in [1.54, 1.807) is 17.8 Å². The lowest BCUT2D eigenvalue weighted by Gasteiger charge is -2.29. The summed E-state index contributed by atoms with van der Waals surface area (Å²) in [6, 6.07) is 0.0155. The summed E-state index contributed by atoms with van der Waals surface area (Å²) in [4.78, 5) is 11.4. The number of hydrogen-bond acceptors (Lipinski definition) is 3. The third-order valence-corrected chi connectivity index (χ3v) is 3.37. The van der Waals surface area contributed by atoms with Crippen LogP contribution >= 0.6 is 15.9 Å². The fourth-order valence-electron chi connectivity index (χ4n) is 1.88. The van der Waals surface area contributed by atoms with Crippen molar-refractivity contribution in [3.63, 3.8) is 0 Å². The lowest BCUT2D eigenvalue weighted by Crippen LogP contribution is -2.51. The molecule has 0 fully saturated rings. The summed E-state index contributed by atoms with van der Waals surface area (Å²) in [5, 5.41) is 16.6. The van der Waals surface area contributed by atoms with Gasteiger partial charge in [0.1, 0.15) is 5.54 Å². The van der Waals surface area contributed by atoms with Crippen molar-refractivity contribution in [1.82, 2.24) is 15.1 Å². The number of nitrogens with one attached hydrogen (secondary N) is 1. The maximum atomic E-state index is 11.4. The van der Waals surface area contributed by atoms with Gasteiger partial charge >= 0.3 is 5.97 Å². The molecule has 0 amide bonds. The van der Waals surface area contributed by atoms with Gasteiger partial charge in [-0.15, -0.1) is 0 Å². The first-order valence-corrected chi connectivity index (χ1v) is 6.86. The minimum absolute atomic E-state index is 0.0155. The molecule has 0 bridgehead atoms. The van der Waals surface area contributed by atoms with Gasteiger partial charge in [-0.1, -0.05) is 6.92 Å². The van der Waals surface area contributed by atoms with Crippen LogP contribution in [0.4, 0.5) is 0 Å². The van der Waals surface area contributed by atoms with Crippen LogP contribution in [0.5, 0.6) is 0 Å². The summed E-state index contributed by atoms with van der Waals surface area (Å²) < 4.78 is 2.67. The minimum atomic E-state index is -0.923. The molecule has 1 aromatic heterocycles. The van der Waals surface area contributed by atoms with E-state index in [9.17, 15) is 9.90 Å². The first-order chi connectivity index (χ1) is 8.39. The summed E-state index contributed by atoms with van der Waals surface area (Å²) in [6.45, 7) is 6.40. The molecule has 0 radical (unpaired) electrons. The molecule has 0 aliphatic heterocycles. The van der Waals surface area contributed by atoms with Crippen LogP contribution in [0, 0.1) is 0 Å². The summed E-state index contributed by atoms with van der Waals surface area (Å²) in [6.07, 6.45) is 4.95. The Morgan fingerprint density at radius 3 is 2.83 bits per heavy atom. The van der Waals surface area contributed by atoms with E-state index >= 15 is 0 Å². The molecule has 1 aromatic rings. The molecule has 5 nitrogen and oxygen atoms in total. The van der Waals surface area contributed by atoms with Gasteiger partial charge in [-0.3, -0.25) is 9.48 Å². The van der Waals surface area contributed by atoms with E-state index in [2.05, 4.69) is 26.3 Å². The smallest absolute Gasteiger partial charge is 0.323 e. The maximum absolute atomic E-state index is 11.4. The number of rotatable bonds is 7. The van der Waals surface area contributed by atoms with E-state index in [-0.39, 0.29) is 6.04 Å². The summed E-state index contributed by atoms with van der Waals surface area (Å²) >= 11 is 3.34. The predicted octanol–water partition coefficient (Wildman–Crippen LogP) is 2.44. The van der Waals surface area contributed by atoms with Crippen LogP contribution in [0.15, 0.2) is 16.9 Å². The molecule has 0 aliphatic rings. The molecule has 1 rings (SSSR count). The van der Waals surface area contributed by atoms with Gasteiger partial charge in [0.15, 0.2) is 0 Å². The van der Waals surface area contributed by atoms with E-state index in [0.717, 1.165) is 10.9 Å². The van der Waals surface area contributed by atoms with Crippen LogP contribution in [0.2, 0.25) is 0 Å². The molecule has 0 aliphatic carbocycles. The van der Waals surface area contributed by atoms with Gasteiger partial charge in [0.25, 0.3) is 0 Å². The van der Waals surface area contributed by atoms with Crippen LogP contribution in [-0.2, 0) is 4.79 Å². The molecule has 0 spiro atoms. The third-order valence-electron chi connectivity index (χ3n) is 2.96. The normalized spacial score (nSPS) is 16.2. The number of aromatic nitrogens is 2. The number of hydrogen-bond donors (Lipinski definition) is 2. The number of carboxylic acids is 1. The van der Waals surface area contributed by atoms with Gasteiger partial charge in [0.05, 0.1) is 16.7 Å². The number of carboxylic acid groups (broad SMARTS) is 1. The zero-order chi connectivity index (χ0) is 13.8. The van der Waals surface area contributed by atoms with Crippen LogP contribution < -0.4 is 5.32 Å². The van der Waals surface area contributed by atoms with Gasteiger partial charge in [-0.2, -0.15) is 5.10 Å². The predicted molar refractivity (Wildman–Crippen MR) is 73.6 cm³/mol. The molecular weight excluding hydrogens is 298 g/mol. The van der Waals surface area contributed by atoms with Gasteiger partial charge in [0, 0.05) is 6.20 Å². The second-order valence-electron chi connectivity index (χ2n) is 4.76. The monoisotopic (exact) mass is 317 g/mol. The Balaban J connectivity index is 2.74. The summed E-state index contributed by atoms with van der Waals surface area (Å²) in [7, 11) is 0. The van der Waals surface area contributed by atoms with Crippen LogP contribution in [-0.4, -0.2) is 32.9 Å². The molecule has 2 N–H and O–H groups in total. The van der Waals surface area contributed by atoms with Gasteiger partial charge in [0.2, 0.25) is 0 Å². The highest BCUT2D eigenvalue weighted by Crippen LogP contribution is 2.22. The Morgan fingerprint density at radius 2 is 2.39 bits per heavy atom. The largest absolute Gasteiger partial charge is 0.480 e. The van der Waals surface area contributed by atoms with Gasteiger partial charge in [-0.05, 0) is 49.2 Å². The highest BCUT2D eigenvalue weighted by atomic mass is 79.9. The lowest BCUT2D eigenvalue weighted by molar-refractivity contribution is -0.144. The van der Waals surface area contributed by atoms with Crippen LogP contribution in [0.1, 0.15) is 39.7 Å². The number of halogens is 1. The second-order valence-corrected chi connectivity index (χ2v) is 5.67. The molecule has 0 aromatic carbocycles. The van der Waals surface area contributed by atoms with Gasteiger partial charge in [-0.25, -0.2) is 0 Å². The molecule has 2 unspecified atom stereocenters. The fraction of sp³-hybridized carbons (Fsp3) is 0.667. The Morgan fingerprint density at radius 1 is 1.72 bits per heavy atom. The zero-order valence-electron chi connectivity index (χ0n) is 11.0. The average Bonchev–Trinajstić information content (AvgIpc) is 2.73. The second kappa shape index (κ2) is 6.33. The number of carbonyl (C=O) groups is 1. The Labute approximate surface area is 116 Å². The molecule has 0 saturated carbocycles. The van der Waals surface area contributed by atoms with Crippen LogP contribution in [0.3, 0.4) is 0 Å². The van der Waals surface area contributed by atoms with Crippen molar-refractivity contribution in [3.8, 4) is 0 Å². The number of aliphatic carboxylic acids is 1. The van der Waals surface area contributed by atoms with Crippen molar-refractivity contribution in [3.05, 3.63) is 16.9 Å². The highest BCUT2D eigenvalue weighted by Gasteiger charge is 2.34. The van der Waals surface area contributed by atoms with E-state index in [1.807, 2.05) is 20.0 Å². The summed E-state index contributed by atoms with van der Waals surface area (Å²) in [5.74, 6) is -0.825.